The Kier molecular flexibility index (Phi) is 6.40. The van der Waals surface area contributed by atoms with Crippen LogP contribution in [0.5, 0.6) is 11.5 Å². The third-order valence-corrected chi connectivity index (χ3v) is 3.54. The van der Waals surface area contributed by atoms with Crippen LogP contribution in [0.15, 0.2) is 29.4 Å². The van der Waals surface area contributed by atoms with E-state index in [9.17, 15) is 0 Å². The van der Waals surface area contributed by atoms with Crippen LogP contribution in [-0.2, 0) is 6.42 Å². The minimum atomic E-state index is 0.621. The van der Waals surface area contributed by atoms with E-state index < -0.39 is 0 Å². The molecule has 0 saturated carbocycles. The third kappa shape index (κ3) is 5.30. The van der Waals surface area contributed by atoms with Crippen molar-refractivity contribution in [3.8, 4) is 11.5 Å². The van der Waals surface area contributed by atoms with Crippen LogP contribution >= 0.6 is 11.8 Å². The van der Waals surface area contributed by atoms with Gasteiger partial charge in [-0.15, -0.1) is 5.10 Å². The number of hydrogen-bond acceptors (Lipinski definition) is 5. The van der Waals surface area contributed by atoms with Crippen LogP contribution in [0.1, 0.15) is 26.1 Å². The summed E-state index contributed by atoms with van der Waals surface area (Å²) in [6, 6.07) is 7.72. The molecule has 0 aliphatic rings. The fourth-order valence-electron chi connectivity index (χ4n) is 1.64. The van der Waals surface area contributed by atoms with E-state index in [1.165, 1.54) is 0 Å². The normalized spacial score (nSPS) is 10.6. The van der Waals surface area contributed by atoms with Gasteiger partial charge in [0, 0.05) is 12.2 Å². The molecule has 0 aliphatic carbocycles. The van der Waals surface area contributed by atoms with Crippen LogP contribution in [0.4, 0.5) is 0 Å². The quantitative estimate of drug-likeness (QED) is 0.569. The number of aryl methyl sites for hydroxylation is 1. The van der Waals surface area contributed by atoms with Crippen LogP contribution in [0.3, 0.4) is 0 Å². The van der Waals surface area contributed by atoms with Crippen molar-refractivity contribution in [1.82, 2.24) is 15.2 Å². The minimum absolute atomic E-state index is 0.621. The molecule has 0 aliphatic heterocycles. The number of rotatable bonds is 9. The van der Waals surface area contributed by atoms with Gasteiger partial charge in [-0.05, 0) is 30.7 Å². The summed E-state index contributed by atoms with van der Waals surface area (Å²) in [7, 11) is 0. The van der Waals surface area contributed by atoms with Crippen LogP contribution in [0.25, 0.3) is 0 Å². The van der Waals surface area contributed by atoms with Crippen molar-refractivity contribution in [2.75, 3.05) is 19.0 Å². The number of benzene rings is 1. The zero-order valence-corrected chi connectivity index (χ0v) is 13.3. The Morgan fingerprint density at radius 1 is 1.05 bits per heavy atom. The first-order chi connectivity index (χ1) is 10.3. The lowest BCUT2D eigenvalue weighted by Gasteiger charge is -2.07. The number of hydrogen-bond donors (Lipinski definition) is 1. The van der Waals surface area contributed by atoms with Gasteiger partial charge in [0.1, 0.15) is 17.3 Å². The molecule has 1 heterocycles. The molecule has 0 unspecified atom stereocenters. The van der Waals surface area contributed by atoms with Gasteiger partial charge in [-0.2, -0.15) is 0 Å². The number of aromatic nitrogens is 3. The highest BCUT2D eigenvalue weighted by Gasteiger charge is 2.02. The van der Waals surface area contributed by atoms with Crippen LogP contribution in [0, 0.1) is 0 Å². The van der Waals surface area contributed by atoms with Crippen LogP contribution in [-0.4, -0.2) is 34.1 Å². The summed E-state index contributed by atoms with van der Waals surface area (Å²) in [5.74, 6) is 3.46. The van der Waals surface area contributed by atoms with Gasteiger partial charge < -0.3 is 9.47 Å². The first-order valence-corrected chi connectivity index (χ1v) is 8.20. The highest BCUT2D eigenvalue weighted by atomic mass is 32.2. The molecule has 1 N–H and O–H groups in total. The summed E-state index contributed by atoms with van der Waals surface area (Å²) in [6.45, 7) is 5.50. The number of thioether (sulfide) groups is 1. The molecule has 0 atom stereocenters. The maximum atomic E-state index is 5.68. The van der Waals surface area contributed by atoms with Crippen LogP contribution < -0.4 is 9.47 Å². The molecule has 2 aromatic rings. The molecule has 0 bridgehead atoms. The molecule has 5 nitrogen and oxygen atoms in total. The van der Waals surface area contributed by atoms with Crippen molar-refractivity contribution in [3.05, 3.63) is 30.1 Å². The summed E-state index contributed by atoms with van der Waals surface area (Å²) in [4.78, 5) is 4.34. The molecular formula is C15H21N3O2S. The molecule has 0 saturated heterocycles. The molecule has 114 valence electrons. The second kappa shape index (κ2) is 8.56. The van der Waals surface area contributed by atoms with Gasteiger partial charge in [-0.1, -0.05) is 25.6 Å². The first-order valence-electron chi connectivity index (χ1n) is 7.21. The summed E-state index contributed by atoms with van der Waals surface area (Å²) < 4.78 is 11.2. The van der Waals surface area contributed by atoms with Gasteiger partial charge in [-0.3, -0.25) is 5.10 Å². The third-order valence-electron chi connectivity index (χ3n) is 2.73. The van der Waals surface area contributed by atoms with Gasteiger partial charge in [-0.25, -0.2) is 4.98 Å². The Balaban J connectivity index is 1.68. The fourth-order valence-corrected chi connectivity index (χ4v) is 2.28. The molecule has 1 aromatic carbocycles. The summed E-state index contributed by atoms with van der Waals surface area (Å²) in [5.41, 5.74) is 0. The zero-order chi connectivity index (χ0) is 14.9. The summed E-state index contributed by atoms with van der Waals surface area (Å²) in [6.07, 6.45) is 1.88. The highest BCUT2D eigenvalue weighted by molar-refractivity contribution is 7.99. The summed E-state index contributed by atoms with van der Waals surface area (Å²) in [5, 5.41) is 7.80. The minimum Gasteiger partial charge on any atom is -0.494 e. The fraction of sp³-hybridized carbons (Fsp3) is 0.467. The topological polar surface area (TPSA) is 60.0 Å². The van der Waals surface area contributed by atoms with Crippen molar-refractivity contribution in [1.29, 1.82) is 0 Å². The highest BCUT2D eigenvalue weighted by Crippen LogP contribution is 2.18. The van der Waals surface area contributed by atoms with E-state index in [0.717, 1.165) is 47.7 Å². The van der Waals surface area contributed by atoms with Crippen molar-refractivity contribution in [2.24, 2.45) is 0 Å². The van der Waals surface area contributed by atoms with Crippen molar-refractivity contribution in [3.63, 3.8) is 0 Å². The second-order valence-corrected chi connectivity index (χ2v) is 5.50. The Bertz CT molecular complexity index is 528. The molecular weight excluding hydrogens is 286 g/mol. The van der Waals surface area contributed by atoms with Gasteiger partial charge in [0.2, 0.25) is 5.16 Å². The van der Waals surface area contributed by atoms with Gasteiger partial charge in [0.15, 0.2) is 0 Å². The average Bonchev–Trinajstić information content (AvgIpc) is 2.99. The smallest absolute Gasteiger partial charge is 0.208 e. The molecule has 21 heavy (non-hydrogen) atoms. The number of aromatic amines is 1. The molecule has 6 heteroatoms. The number of nitrogens with one attached hydrogen (secondary N) is 1. The molecule has 0 radical (unpaired) electrons. The molecule has 1 aromatic heterocycles. The lowest BCUT2D eigenvalue weighted by atomic mass is 10.3. The van der Waals surface area contributed by atoms with E-state index in [2.05, 4.69) is 22.1 Å². The Hall–Kier alpha value is -1.69. The van der Waals surface area contributed by atoms with Gasteiger partial charge in [0.25, 0.3) is 0 Å². The second-order valence-electron chi connectivity index (χ2n) is 4.44. The lowest BCUT2D eigenvalue weighted by Crippen LogP contribution is -2.00. The standard InChI is InChI=1S/C15H21N3O2S/c1-3-9-19-12-5-7-13(8-6-12)20-10-11-21-15-16-14(4-2)17-18-15/h5-8H,3-4,9-11H2,1-2H3,(H,16,17,18). The molecule has 0 fully saturated rings. The van der Waals surface area contributed by atoms with Gasteiger partial charge in [0.05, 0.1) is 13.2 Å². The summed E-state index contributed by atoms with van der Waals surface area (Å²) >= 11 is 1.59. The molecule has 0 amide bonds. The largest absolute Gasteiger partial charge is 0.494 e. The van der Waals surface area contributed by atoms with Crippen LogP contribution in [0.2, 0.25) is 0 Å². The van der Waals surface area contributed by atoms with E-state index in [1.54, 1.807) is 11.8 Å². The Labute approximate surface area is 129 Å². The van der Waals surface area contributed by atoms with E-state index in [4.69, 9.17) is 9.47 Å². The molecule has 2 rings (SSSR count). The SMILES string of the molecule is CCCOc1ccc(OCCSc2n[nH]c(CC)n2)cc1. The predicted octanol–water partition coefficient (Wildman–Crippen LogP) is 3.33. The number of ether oxygens (including phenoxy) is 2. The zero-order valence-electron chi connectivity index (χ0n) is 12.5. The maximum Gasteiger partial charge on any atom is 0.208 e. The first kappa shape index (κ1) is 15.7. The Morgan fingerprint density at radius 3 is 2.29 bits per heavy atom. The maximum absolute atomic E-state index is 5.68. The van der Waals surface area contributed by atoms with E-state index in [1.807, 2.05) is 31.2 Å². The number of nitrogens with zero attached hydrogens (tertiary/aromatic N) is 2. The van der Waals surface area contributed by atoms with Gasteiger partial charge >= 0.3 is 0 Å². The van der Waals surface area contributed by atoms with Crippen molar-refractivity contribution >= 4 is 11.8 Å². The van der Waals surface area contributed by atoms with E-state index in [-0.39, 0.29) is 0 Å². The van der Waals surface area contributed by atoms with E-state index in [0.29, 0.717) is 6.61 Å². The van der Waals surface area contributed by atoms with Crippen molar-refractivity contribution < 1.29 is 9.47 Å². The number of H-pyrrole nitrogens is 1. The average molecular weight is 307 g/mol. The Morgan fingerprint density at radius 2 is 1.71 bits per heavy atom. The predicted molar refractivity (Wildman–Crippen MR) is 84.2 cm³/mol. The van der Waals surface area contributed by atoms with Crippen molar-refractivity contribution in [2.45, 2.75) is 31.8 Å². The van der Waals surface area contributed by atoms with E-state index >= 15 is 0 Å². The molecule has 0 spiro atoms. The lowest BCUT2D eigenvalue weighted by molar-refractivity contribution is 0.314. The monoisotopic (exact) mass is 307 g/mol.